The minimum Gasteiger partial charge on any atom is -0.300 e. The van der Waals surface area contributed by atoms with Crippen LogP contribution in [-0.4, -0.2) is 27.6 Å². The van der Waals surface area contributed by atoms with Crippen LogP contribution >= 0.6 is 50.8 Å². The number of hydrogen-bond donors (Lipinski definition) is 1. The maximum atomic E-state index is 11.9. The van der Waals surface area contributed by atoms with Crippen LogP contribution in [0.1, 0.15) is 5.56 Å². The SMILES string of the molecule is C=CCSc1nnc(NC(=O)CSCc2ccc(Br)cc2)s1. The van der Waals surface area contributed by atoms with E-state index in [1.54, 1.807) is 23.5 Å². The lowest BCUT2D eigenvalue weighted by Gasteiger charge is -2.02. The number of rotatable bonds is 8. The molecule has 0 aliphatic rings. The Morgan fingerprint density at radius 1 is 1.36 bits per heavy atom. The Bertz CT molecular complexity index is 631. The molecule has 0 aliphatic heterocycles. The van der Waals surface area contributed by atoms with Gasteiger partial charge >= 0.3 is 0 Å². The Balaban J connectivity index is 1.72. The van der Waals surface area contributed by atoms with Gasteiger partial charge in [-0.25, -0.2) is 0 Å². The number of hydrogen-bond acceptors (Lipinski definition) is 6. The molecule has 1 heterocycles. The molecule has 4 nitrogen and oxygen atoms in total. The van der Waals surface area contributed by atoms with Gasteiger partial charge in [-0.3, -0.25) is 10.1 Å². The van der Waals surface area contributed by atoms with E-state index >= 15 is 0 Å². The predicted octanol–water partition coefficient (Wildman–Crippen LogP) is 4.45. The topological polar surface area (TPSA) is 54.9 Å². The maximum absolute atomic E-state index is 11.9. The number of amides is 1. The number of carbonyl (C=O) groups is 1. The molecule has 1 aromatic heterocycles. The monoisotopic (exact) mass is 415 g/mol. The van der Waals surface area contributed by atoms with E-state index in [9.17, 15) is 4.79 Å². The molecular formula is C14H14BrN3OS3. The Morgan fingerprint density at radius 2 is 2.14 bits per heavy atom. The first-order chi connectivity index (χ1) is 10.7. The number of anilines is 1. The highest BCUT2D eigenvalue weighted by Gasteiger charge is 2.08. The quantitative estimate of drug-likeness (QED) is 0.392. The third kappa shape index (κ3) is 6.12. The van der Waals surface area contributed by atoms with Gasteiger partial charge < -0.3 is 0 Å². The Hall–Kier alpha value is -0.830. The van der Waals surface area contributed by atoms with E-state index in [-0.39, 0.29) is 5.91 Å². The molecular weight excluding hydrogens is 402 g/mol. The first kappa shape index (κ1) is 17.5. The molecule has 22 heavy (non-hydrogen) atoms. The molecule has 1 N–H and O–H groups in total. The number of aromatic nitrogens is 2. The third-order valence-electron chi connectivity index (χ3n) is 2.39. The van der Waals surface area contributed by atoms with Gasteiger partial charge in [-0.1, -0.05) is 57.2 Å². The van der Waals surface area contributed by atoms with Gasteiger partial charge in [0.15, 0.2) is 4.34 Å². The van der Waals surface area contributed by atoms with Gasteiger partial charge in [0.2, 0.25) is 11.0 Å². The van der Waals surface area contributed by atoms with Crippen LogP contribution in [0, 0.1) is 0 Å². The van der Waals surface area contributed by atoms with Crippen LogP contribution in [-0.2, 0) is 10.5 Å². The first-order valence-electron chi connectivity index (χ1n) is 6.36. The third-order valence-corrected chi connectivity index (χ3v) is 5.89. The van der Waals surface area contributed by atoms with E-state index in [0.29, 0.717) is 10.9 Å². The molecule has 1 amide bonds. The zero-order chi connectivity index (χ0) is 15.8. The average Bonchev–Trinajstić information content (AvgIpc) is 2.94. The van der Waals surface area contributed by atoms with E-state index < -0.39 is 0 Å². The highest BCUT2D eigenvalue weighted by atomic mass is 79.9. The number of halogens is 1. The molecule has 0 unspecified atom stereocenters. The fourth-order valence-corrected chi connectivity index (χ4v) is 4.03. The molecule has 1 aromatic carbocycles. The number of carbonyl (C=O) groups excluding carboxylic acids is 1. The summed E-state index contributed by atoms with van der Waals surface area (Å²) in [6, 6.07) is 8.09. The van der Waals surface area contributed by atoms with Crippen molar-refractivity contribution in [2.45, 2.75) is 10.1 Å². The van der Waals surface area contributed by atoms with Gasteiger partial charge in [-0.2, -0.15) is 0 Å². The van der Waals surface area contributed by atoms with Crippen molar-refractivity contribution in [3.8, 4) is 0 Å². The molecule has 0 radical (unpaired) electrons. The van der Waals surface area contributed by atoms with Crippen molar-refractivity contribution in [2.24, 2.45) is 0 Å². The summed E-state index contributed by atoms with van der Waals surface area (Å²) >= 11 is 7.90. The highest BCUT2D eigenvalue weighted by Crippen LogP contribution is 2.25. The van der Waals surface area contributed by atoms with E-state index in [1.165, 1.54) is 16.9 Å². The summed E-state index contributed by atoms with van der Waals surface area (Å²) in [6.07, 6.45) is 1.81. The Morgan fingerprint density at radius 3 is 2.86 bits per heavy atom. The molecule has 0 aliphatic carbocycles. The van der Waals surface area contributed by atoms with Gasteiger partial charge in [0.25, 0.3) is 0 Å². The average molecular weight is 416 g/mol. The summed E-state index contributed by atoms with van der Waals surface area (Å²) in [5.74, 6) is 1.92. The van der Waals surface area contributed by atoms with Crippen molar-refractivity contribution in [3.05, 3.63) is 47.0 Å². The van der Waals surface area contributed by atoms with E-state index in [1.807, 2.05) is 30.3 Å². The molecule has 2 aromatic rings. The van der Waals surface area contributed by atoms with Gasteiger partial charge in [0.05, 0.1) is 5.75 Å². The van der Waals surface area contributed by atoms with Crippen molar-refractivity contribution in [3.63, 3.8) is 0 Å². The smallest absolute Gasteiger partial charge is 0.236 e. The molecule has 0 saturated heterocycles. The molecule has 0 fully saturated rings. The van der Waals surface area contributed by atoms with Crippen LogP contribution in [0.4, 0.5) is 5.13 Å². The zero-order valence-corrected chi connectivity index (χ0v) is 15.7. The van der Waals surface area contributed by atoms with Gasteiger partial charge in [0.1, 0.15) is 0 Å². The zero-order valence-electron chi connectivity index (χ0n) is 11.6. The van der Waals surface area contributed by atoms with Crippen molar-refractivity contribution in [1.29, 1.82) is 0 Å². The second-order valence-corrected chi connectivity index (χ2v) is 8.29. The molecule has 0 bridgehead atoms. The minimum absolute atomic E-state index is 0.0569. The Labute approximate surface area is 150 Å². The maximum Gasteiger partial charge on any atom is 0.236 e. The summed E-state index contributed by atoms with van der Waals surface area (Å²) in [4.78, 5) is 11.9. The van der Waals surface area contributed by atoms with Gasteiger partial charge in [-0.05, 0) is 17.7 Å². The van der Waals surface area contributed by atoms with Crippen molar-refractivity contribution in [1.82, 2.24) is 10.2 Å². The normalized spacial score (nSPS) is 10.4. The van der Waals surface area contributed by atoms with Gasteiger partial charge in [-0.15, -0.1) is 28.5 Å². The van der Waals surface area contributed by atoms with Crippen LogP contribution in [0.2, 0.25) is 0 Å². The molecule has 116 valence electrons. The van der Waals surface area contributed by atoms with Crippen molar-refractivity contribution < 1.29 is 4.79 Å². The number of thioether (sulfide) groups is 2. The number of nitrogens with one attached hydrogen (secondary N) is 1. The van der Waals surface area contributed by atoms with Gasteiger partial charge in [0, 0.05) is 16.0 Å². The van der Waals surface area contributed by atoms with Crippen LogP contribution in [0.5, 0.6) is 0 Å². The summed E-state index contributed by atoms with van der Waals surface area (Å²) in [5.41, 5.74) is 1.19. The summed E-state index contributed by atoms with van der Waals surface area (Å²) in [7, 11) is 0. The first-order valence-corrected chi connectivity index (χ1v) is 10.1. The molecule has 0 spiro atoms. The lowest BCUT2D eigenvalue weighted by Crippen LogP contribution is -2.13. The molecule has 2 rings (SSSR count). The molecule has 0 atom stereocenters. The summed E-state index contributed by atoms with van der Waals surface area (Å²) < 4.78 is 1.89. The standard InChI is InChI=1S/C14H14BrN3OS3/c1-2-7-21-14-18-17-13(22-14)16-12(19)9-20-8-10-3-5-11(15)6-4-10/h2-6H,1,7-9H2,(H,16,17,19). The predicted molar refractivity (Wildman–Crippen MR) is 99.8 cm³/mol. The van der Waals surface area contributed by atoms with Crippen LogP contribution in [0.3, 0.4) is 0 Å². The Kier molecular flexibility index (Phi) is 7.44. The highest BCUT2D eigenvalue weighted by molar-refractivity contribution is 9.10. The van der Waals surface area contributed by atoms with Crippen LogP contribution in [0.25, 0.3) is 0 Å². The van der Waals surface area contributed by atoms with Crippen LogP contribution < -0.4 is 5.32 Å². The number of nitrogens with zero attached hydrogens (tertiary/aromatic N) is 2. The fourth-order valence-electron chi connectivity index (χ4n) is 1.45. The largest absolute Gasteiger partial charge is 0.300 e. The summed E-state index contributed by atoms with van der Waals surface area (Å²) in [6.45, 7) is 3.65. The summed E-state index contributed by atoms with van der Waals surface area (Å²) in [5, 5.41) is 11.3. The van der Waals surface area contributed by atoms with Crippen molar-refractivity contribution >= 4 is 61.8 Å². The van der Waals surface area contributed by atoms with E-state index in [2.05, 4.69) is 38.0 Å². The second kappa shape index (κ2) is 9.34. The van der Waals surface area contributed by atoms with E-state index in [4.69, 9.17) is 0 Å². The minimum atomic E-state index is -0.0569. The molecule has 0 saturated carbocycles. The lowest BCUT2D eigenvalue weighted by atomic mass is 10.2. The molecule has 8 heteroatoms. The second-order valence-electron chi connectivity index (χ2n) is 4.14. The van der Waals surface area contributed by atoms with E-state index in [0.717, 1.165) is 20.3 Å². The number of benzene rings is 1. The lowest BCUT2D eigenvalue weighted by molar-refractivity contribution is -0.113. The fraction of sp³-hybridized carbons (Fsp3) is 0.214. The van der Waals surface area contributed by atoms with Crippen LogP contribution in [0.15, 0.2) is 45.7 Å². The van der Waals surface area contributed by atoms with Crippen molar-refractivity contribution in [2.75, 3.05) is 16.8 Å².